The topological polar surface area (TPSA) is 82.8 Å². The third-order valence-corrected chi connectivity index (χ3v) is 5.80. The first kappa shape index (κ1) is 24.2. The van der Waals surface area contributed by atoms with E-state index in [2.05, 4.69) is 44.3 Å². The second-order valence-electron chi connectivity index (χ2n) is 7.06. The fourth-order valence-electron chi connectivity index (χ4n) is 3.25. The Bertz CT molecular complexity index is 558. The first-order valence-electron chi connectivity index (χ1n) is 9.58. The number of nitrogens with two attached hydrogens (primary N) is 1. The van der Waals surface area contributed by atoms with Crippen LogP contribution in [0.4, 0.5) is 0 Å². The molecule has 1 saturated heterocycles. The zero-order valence-electron chi connectivity index (χ0n) is 16.4. The Morgan fingerprint density at radius 2 is 2.11 bits per heavy atom. The van der Waals surface area contributed by atoms with E-state index in [9.17, 15) is 4.79 Å². The second kappa shape index (κ2) is 13.3. The number of carbonyl (C=O) groups is 1. The molecule has 1 aliphatic rings. The molecule has 0 aromatic carbocycles. The van der Waals surface area contributed by atoms with Crippen molar-refractivity contribution >= 4 is 47.2 Å². The molecule has 2 heterocycles. The molecule has 1 fully saturated rings. The van der Waals surface area contributed by atoms with E-state index in [-0.39, 0.29) is 35.8 Å². The summed E-state index contributed by atoms with van der Waals surface area (Å²) in [5, 5.41) is 11.1. The molecule has 0 bridgehead atoms. The van der Waals surface area contributed by atoms with Crippen molar-refractivity contribution < 1.29 is 4.79 Å². The van der Waals surface area contributed by atoms with Crippen molar-refractivity contribution in [1.29, 1.82) is 0 Å². The Morgan fingerprint density at radius 3 is 2.70 bits per heavy atom. The summed E-state index contributed by atoms with van der Waals surface area (Å²) in [5.41, 5.74) is 6.76. The first-order valence-corrected chi connectivity index (χ1v) is 10.5. The molecule has 4 N–H and O–H groups in total. The van der Waals surface area contributed by atoms with Gasteiger partial charge < -0.3 is 21.3 Å². The Morgan fingerprint density at radius 1 is 1.37 bits per heavy atom. The Balaban J connectivity index is 0.00000364. The predicted octanol–water partition coefficient (Wildman–Crippen LogP) is 2.61. The van der Waals surface area contributed by atoms with Crippen molar-refractivity contribution in [2.75, 3.05) is 39.8 Å². The fourth-order valence-corrected chi connectivity index (χ4v) is 4.03. The van der Waals surface area contributed by atoms with Gasteiger partial charge in [-0.2, -0.15) is 11.3 Å². The summed E-state index contributed by atoms with van der Waals surface area (Å²) in [6.07, 6.45) is 4.08. The molecular weight excluding hydrogens is 473 g/mol. The van der Waals surface area contributed by atoms with Gasteiger partial charge in [0.25, 0.3) is 0 Å². The van der Waals surface area contributed by atoms with Crippen molar-refractivity contribution in [3.05, 3.63) is 22.4 Å². The number of piperidine rings is 1. The van der Waals surface area contributed by atoms with E-state index in [4.69, 9.17) is 5.73 Å². The number of primary amides is 1. The third-order valence-electron chi connectivity index (χ3n) is 5.10. The van der Waals surface area contributed by atoms with Crippen LogP contribution in [-0.2, 0) is 4.79 Å². The highest BCUT2D eigenvalue weighted by Crippen LogP contribution is 2.17. The number of amides is 1. The van der Waals surface area contributed by atoms with Crippen LogP contribution < -0.4 is 16.4 Å². The quantitative estimate of drug-likeness (QED) is 0.208. The zero-order chi connectivity index (χ0) is 18.8. The molecule has 1 aromatic rings. The summed E-state index contributed by atoms with van der Waals surface area (Å²) < 4.78 is 0. The average molecular weight is 507 g/mol. The Hall–Kier alpha value is -0.870. The number of hydrogen-bond acceptors (Lipinski definition) is 4. The molecule has 6 nitrogen and oxygen atoms in total. The number of guanidine groups is 1. The minimum absolute atomic E-state index is 0. The van der Waals surface area contributed by atoms with Crippen LogP contribution in [0.15, 0.2) is 21.8 Å². The van der Waals surface area contributed by atoms with Gasteiger partial charge in [0.1, 0.15) is 0 Å². The van der Waals surface area contributed by atoms with Gasteiger partial charge in [-0.25, -0.2) is 0 Å². The van der Waals surface area contributed by atoms with Crippen molar-refractivity contribution in [3.63, 3.8) is 0 Å². The molecule has 1 unspecified atom stereocenters. The molecule has 8 heteroatoms. The molecule has 1 aromatic heterocycles. The van der Waals surface area contributed by atoms with Crippen molar-refractivity contribution in [2.45, 2.75) is 38.5 Å². The summed E-state index contributed by atoms with van der Waals surface area (Å²) in [4.78, 5) is 17.9. The van der Waals surface area contributed by atoms with Gasteiger partial charge in [0.05, 0.1) is 0 Å². The van der Waals surface area contributed by atoms with Gasteiger partial charge in [0, 0.05) is 26.1 Å². The maximum Gasteiger partial charge on any atom is 0.220 e. The minimum Gasteiger partial charge on any atom is -0.369 e. The van der Waals surface area contributed by atoms with Crippen LogP contribution >= 0.6 is 35.3 Å². The molecule has 2 rings (SSSR count). The summed E-state index contributed by atoms with van der Waals surface area (Å²) in [7, 11) is 1.81. The molecule has 1 atom stereocenters. The van der Waals surface area contributed by atoms with Gasteiger partial charge in [-0.15, -0.1) is 24.0 Å². The van der Waals surface area contributed by atoms with Crippen LogP contribution in [0.1, 0.15) is 44.1 Å². The van der Waals surface area contributed by atoms with E-state index in [0.29, 0.717) is 5.92 Å². The van der Waals surface area contributed by atoms with Crippen LogP contribution in [-0.4, -0.2) is 56.5 Å². The lowest BCUT2D eigenvalue weighted by Gasteiger charge is -2.30. The third kappa shape index (κ3) is 8.78. The smallest absolute Gasteiger partial charge is 0.220 e. The first-order chi connectivity index (χ1) is 12.6. The number of nitrogens with one attached hydrogen (secondary N) is 2. The lowest BCUT2D eigenvalue weighted by Crippen LogP contribution is -2.40. The van der Waals surface area contributed by atoms with Gasteiger partial charge >= 0.3 is 0 Å². The number of halogens is 1. The number of carbonyl (C=O) groups excluding carboxylic acids is 1. The van der Waals surface area contributed by atoms with Crippen LogP contribution in [0.25, 0.3) is 0 Å². The highest BCUT2D eigenvalue weighted by molar-refractivity contribution is 14.0. The Kier molecular flexibility index (Phi) is 11.9. The number of unbranched alkanes of at least 4 members (excludes halogenated alkanes) is 1. The van der Waals surface area contributed by atoms with Gasteiger partial charge in [-0.1, -0.05) is 6.92 Å². The second-order valence-corrected chi connectivity index (χ2v) is 7.84. The van der Waals surface area contributed by atoms with Crippen molar-refractivity contribution in [3.8, 4) is 0 Å². The van der Waals surface area contributed by atoms with Gasteiger partial charge in [0.15, 0.2) is 5.96 Å². The largest absolute Gasteiger partial charge is 0.369 e. The number of thiophene rings is 1. The number of hydrogen-bond donors (Lipinski definition) is 3. The number of likely N-dealkylation sites (tertiary alicyclic amines) is 1. The molecule has 1 aliphatic heterocycles. The standard InChI is InChI=1S/C19H33N5OS.HI/c1-15(17-7-12-26-14-17)13-23-19(21-2)22-8-3-4-9-24-10-5-16(6-11-24)18(20)25;/h7,12,14-16H,3-6,8-11,13H2,1-2H3,(H2,20,25)(H2,21,22,23);1H. The van der Waals surface area contributed by atoms with Crippen LogP contribution in [0, 0.1) is 5.92 Å². The van der Waals surface area contributed by atoms with E-state index >= 15 is 0 Å². The van der Waals surface area contributed by atoms with Crippen molar-refractivity contribution in [1.82, 2.24) is 15.5 Å². The van der Waals surface area contributed by atoms with E-state index in [1.807, 2.05) is 7.05 Å². The molecular formula is C19H34IN5OS. The van der Waals surface area contributed by atoms with Crippen molar-refractivity contribution in [2.24, 2.45) is 16.6 Å². The molecule has 27 heavy (non-hydrogen) atoms. The van der Waals surface area contributed by atoms with Gasteiger partial charge in [-0.3, -0.25) is 9.79 Å². The predicted molar refractivity (Wildman–Crippen MR) is 125 cm³/mol. The maximum absolute atomic E-state index is 11.2. The molecule has 0 radical (unpaired) electrons. The lowest BCUT2D eigenvalue weighted by molar-refractivity contribution is -0.123. The SMILES string of the molecule is CN=C(NCCCCN1CCC(C(N)=O)CC1)NCC(C)c1ccsc1.I. The van der Waals surface area contributed by atoms with Gasteiger partial charge in [-0.05, 0) is 73.6 Å². The number of aliphatic imine (C=N–C) groups is 1. The van der Waals surface area contributed by atoms with E-state index < -0.39 is 0 Å². The minimum atomic E-state index is -0.138. The summed E-state index contributed by atoms with van der Waals surface area (Å²) in [5.74, 6) is 1.29. The Labute approximate surface area is 184 Å². The van der Waals surface area contributed by atoms with Crippen LogP contribution in [0.3, 0.4) is 0 Å². The van der Waals surface area contributed by atoms with E-state index in [1.54, 1.807) is 11.3 Å². The molecule has 154 valence electrons. The number of rotatable bonds is 9. The molecule has 0 spiro atoms. The van der Waals surface area contributed by atoms with Crippen LogP contribution in [0.5, 0.6) is 0 Å². The highest BCUT2D eigenvalue weighted by Gasteiger charge is 2.22. The maximum atomic E-state index is 11.2. The highest BCUT2D eigenvalue weighted by atomic mass is 127. The molecule has 1 amide bonds. The van der Waals surface area contributed by atoms with Crippen LogP contribution in [0.2, 0.25) is 0 Å². The summed E-state index contributed by atoms with van der Waals surface area (Å²) >= 11 is 1.74. The summed E-state index contributed by atoms with van der Waals surface area (Å²) in [6, 6.07) is 2.18. The monoisotopic (exact) mass is 507 g/mol. The fraction of sp³-hybridized carbons (Fsp3) is 0.684. The lowest BCUT2D eigenvalue weighted by atomic mass is 9.96. The van der Waals surface area contributed by atoms with E-state index in [0.717, 1.165) is 64.4 Å². The van der Waals surface area contributed by atoms with E-state index in [1.165, 1.54) is 5.56 Å². The number of nitrogens with zero attached hydrogens (tertiary/aromatic N) is 2. The zero-order valence-corrected chi connectivity index (χ0v) is 19.6. The summed E-state index contributed by atoms with van der Waals surface area (Å²) in [6.45, 7) is 7.10. The average Bonchev–Trinajstić information content (AvgIpc) is 3.19. The normalized spacial score (nSPS) is 17.2. The molecule has 0 aliphatic carbocycles. The van der Waals surface area contributed by atoms with Gasteiger partial charge in [0.2, 0.25) is 5.91 Å². The molecule has 0 saturated carbocycles.